The van der Waals surface area contributed by atoms with Gasteiger partial charge in [-0.2, -0.15) is 4.31 Å². The smallest absolute Gasteiger partial charge is 0.271 e. The van der Waals surface area contributed by atoms with E-state index in [0.29, 0.717) is 5.56 Å². The number of imide groups is 1. The number of fused-ring (bicyclic) bond motifs is 1. The van der Waals surface area contributed by atoms with Gasteiger partial charge in [0, 0.05) is 26.1 Å². The number of aliphatic hydroxyl groups excluding tert-OH is 1. The minimum absolute atomic E-state index is 0.00644. The summed E-state index contributed by atoms with van der Waals surface area (Å²) in [6, 6.07) is 12.6. The van der Waals surface area contributed by atoms with Gasteiger partial charge in [-0.25, -0.2) is 17.2 Å². The molecule has 0 aliphatic carbocycles. The van der Waals surface area contributed by atoms with Crippen molar-refractivity contribution in [2.45, 2.75) is 30.6 Å². The molecule has 0 saturated heterocycles. The summed E-state index contributed by atoms with van der Waals surface area (Å²) in [5.74, 6) is -4.36. The molecule has 2 aromatic carbocycles. The van der Waals surface area contributed by atoms with Gasteiger partial charge >= 0.3 is 0 Å². The zero-order chi connectivity index (χ0) is 23.5. The fraction of sp³-hybridized carbons (Fsp3) is 0.364. The van der Waals surface area contributed by atoms with Crippen LogP contribution >= 0.6 is 0 Å². The number of rotatable bonds is 10. The predicted molar refractivity (Wildman–Crippen MR) is 113 cm³/mol. The number of aliphatic hydroxyl groups is 1. The van der Waals surface area contributed by atoms with Gasteiger partial charge in [-0.3, -0.25) is 14.5 Å². The Morgan fingerprint density at radius 3 is 2.09 bits per heavy atom. The molecule has 1 aliphatic rings. The average Bonchev–Trinajstić information content (AvgIpc) is 3.01. The molecule has 0 saturated carbocycles. The number of aryl methyl sites for hydroxylation is 1. The Balaban J connectivity index is 1.76. The maximum absolute atomic E-state index is 13.6. The van der Waals surface area contributed by atoms with Crippen LogP contribution in [-0.4, -0.2) is 66.7 Å². The van der Waals surface area contributed by atoms with Gasteiger partial charge < -0.3 is 5.11 Å². The zero-order valence-electron chi connectivity index (χ0n) is 17.5. The average molecular weight is 467 g/mol. The summed E-state index contributed by atoms with van der Waals surface area (Å²) >= 11 is 0. The first-order valence-electron chi connectivity index (χ1n) is 10.1. The minimum atomic E-state index is -4.11. The van der Waals surface area contributed by atoms with Crippen molar-refractivity contribution in [1.29, 1.82) is 0 Å². The van der Waals surface area contributed by atoms with Gasteiger partial charge in [-0.15, -0.1) is 0 Å². The van der Waals surface area contributed by atoms with Crippen LogP contribution in [0.4, 0.5) is 8.78 Å². The molecule has 0 spiro atoms. The molecule has 10 heteroatoms. The summed E-state index contributed by atoms with van der Waals surface area (Å²) in [5.41, 5.74) is 1.03. The van der Waals surface area contributed by atoms with Crippen LogP contribution in [0.5, 0.6) is 0 Å². The predicted octanol–water partition coefficient (Wildman–Crippen LogP) is 2.69. The molecular formula is C22H24F2N2O5S. The Morgan fingerprint density at radius 1 is 0.969 bits per heavy atom. The molecule has 0 aromatic heterocycles. The zero-order valence-corrected chi connectivity index (χ0v) is 18.3. The fourth-order valence-corrected chi connectivity index (χ4v) is 5.26. The lowest BCUT2D eigenvalue weighted by atomic mass is 10.1. The van der Waals surface area contributed by atoms with E-state index in [-0.39, 0.29) is 35.5 Å². The molecule has 1 N–H and O–H groups in total. The van der Waals surface area contributed by atoms with E-state index in [1.165, 1.54) is 6.07 Å². The highest BCUT2D eigenvalue weighted by Crippen LogP contribution is 2.25. The number of sulfonamides is 1. The third-order valence-electron chi connectivity index (χ3n) is 5.34. The Morgan fingerprint density at radius 2 is 1.53 bits per heavy atom. The Kier molecular flexibility index (Phi) is 7.06. The highest BCUT2D eigenvalue weighted by atomic mass is 32.2. The summed E-state index contributed by atoms with van der Waals surface area (Å²) < 4.78 is 54.5. The number of carbonyl (C=O) groups excluding carboxylic acids is 2. The molecule has 32 heavy (non-hydrogen) atoms. The van der Waals surface area contributed by atoms with Crippen LogP contribution in [-0.2, 0) is 10.0 Å². The second-order valence-corrected chi connectivity index (χ2v) is 9.50. The molecular weight excluding hydrogens is 442 g/mol. The van der Waals surface area contributed by atoms with Crippen molar-refractivity contribution >= 4 is 21.8 Å². The SMILES string of the molecule is Cc1ccccc1S(=O)(=O)N(CCCN1C(=O)c2ccccc2C1=O)CCC(F)(F)CO. The Labute approximate surface area is 185 Å². The molecule has 0 radical (unpaired) electrons. The third kappa shape index (κ3) is 4.87. The van der Waals surface area contributed by atoms with E-state index in [1.54, 1.807) is 49.4 Å². The minimum Gasteiger partial charge on any atom is -0.390 e. The van der Waals surface area contributed by atoms with Crippen LogP contribution in [0.3, 0.4) is 0 Å². The van der Waals surface area contributed by atoms with Crippen LogP contribution in [0.1, 0.15) is 39.1 Å². The standard InChI is InChI=1S/C22H24F2N2O5S/c1-16-7-2-5-10-19(16)32(30,31)25(14-11-22(23,24)15-27)12-6-13-26-20(28)17-8-3-4-9-18(17)21(26)29/h2-5,7-10,27H,6,11-15H2,1H3. The van der Waals surface area contributed by atoms with E-state index in [2.05, 4.69) is 0 Å². The molecule has 2 amide bonds. The topological polar surface area (TPSA) is 95.0 Å². The molecule has 0 unspecified atom stereocenters. The third-order valence-corrected chi connectivity index (χ3v) is 7.40. The van der Waals surface area contributed by atoms with E-state index in [9.17, 15) is 26.8 Å². The largest absolute Gasteiger partial charge is 0.390 e. The lowest BCUT2D eigenvalue weighted by Gasteiger charge is -2.25. The van der Waals surface area contributed by atoms with Crippen LogP contribution in [0.2, 0.25) is 0 Å². The molecule has 0 bridgehead atoms. The van der Waals surface area contributed by atoms with Gasteiger partial charge in [0.15, 0.2) is 0 Å². The second kappa shape index (κ2) is 9.43. The lowest BCUT2D eigenvalue weighted by Crippen LogP contribution is -2.39. The van der Waals surface area contributed by atoms with Crippen molar-refractivity contribution in [2.75, 3.05) is 26.2 Å². The molecule has 1 heterocycles. The first-order valence-corrected chi connectivity index (χ1v) is 11.5. The number of hydrogen-bond donors (Lipinski definition) is 1. The van der Waals surface area contributed by atoms with Crippen LogP contribution < -0.4 is 0 Å². The summed E-state index contributed by atoms with van der Waals surface area (Å²) in [5, 5.41) is 8.84. The summed E-state index contributed by atoms with van der Waals surface area (Å²) in [6.45, 7) is -0.535. The van der Waals surface area contributed by atoms with Crippen molar-refractivity contribution < 1.29 is 31.9 Å². The van der Waals surface area contributed by atoms with Crippen molar-refractivity contribution in [3.63, 3.8) is 0 Å². The summed E-state index contributed by atoms with van der Waals surface area (Å²) in [6.07, 6.45) is -0.789. The molecule has 1 aliphatic heterocycles. The monoisotopic (exact) mass is 466 g/mol. The highest BCUT2D eigenvalue weighted by Gasteiger charge is 2.36. The van der Waals surface area contributed by atoms with Crippen molar-refractivity contribution in [3.05, 3.63) is 65.2 Å². The molecule has 0 fully saturated rings. The van der Waals surface area contributed by atoms with Gasteiger partial charge in [0.05, 0.1) is 16.0 Å². The lowest BCUT2D eigenvalue weighted by molar-refractivity contribution is -0.0584. The molecule has 172 valence electrons. The number of carbonyl (C=O) groups is 2. The summed E-state index contributed by atoms with van der Waals surface area (Å²) in [4.78, 5) is 26.0. The first-order chi connectivity index (χ1) is 15.1. The Hall–Kier alpha value is -2.69. The van der Waals surface area contributed by atoms with Crippen molar-refractivity contribution in [2.24, 2.45) is 0 Å². The van der Waals surface area contributed by atoms with Gasteiger partial charge in [-0.05, 0) is 37.1 Å². The molecule has 0 atom stereocenters. The van der Waals surface area contributed by atoms with E-state index in [0.717, 1.165) is 9.21 Å². The van der Waals surface area contributed by atoms with E-state index < -0.39 is 47.3 Å². The molecule has 7 nitrogen and oxygen atoms in total. The molecule has 3 rings (SSSR count). The first kappa shape index (κ1) is 24.0. The number of benzene rings is 2. The number of hydrogen-bond acceptors (Lipinski definition) is 5. The van der Waals surface area contributed by atoms with E-state index in [4.69, 9.17) is 5.11 Å². The van der Waals surface area contributed by atoms with E-state index >= 15 is 0 Å². The van der Waals surface area contributed by atoms with Crippen LogP contribution in [0, 0.1) is 6.92 Å². The Bertz CT molecular complexity index is 1090. The maximum atomic E-state index is 13.6. The number of amides is 2. The maximum Gasteiger partial charge on any atom is 0.271 e. The fourth-order valence-electron chi connectivity index (χ4n) is 3.55. The normalized spacial score (nSPS) is 14.3. The van der Waals surface area contributed by atoms with Crippen molar-refractivity contribution in [1.82, 2.24) is 9.21 Å². The number of halogens is 2. The summed E-state index contributed by atoms with van der Waals surface area (Å²) in [7, 11) is -4.11. The van der Waals surface area contributed by atoms with Gasteiger partial charge in [0.1, 0.15) is 6.61 Å². The molecule has 2 aromatic rings. The highest BCUT2D eigenvalue weighted by molar-refractivity contribution is 7.89. The van der Waals surface area contributed by atoms with Gasteiger partial charge in [-0.1, -0.05) is 30.3 Å². The van der Waals surface area contributed by atoms with E-state index in [1.807, 2.05) is 0 Å². The van der Waals surface area contributed by atoms with Crippen molar-refractivity contribution in [3.8, 4) is 0 Å². The number of nitrogens with zero attached hydrogens (tertiary/aromatic N) is 2. The quantitative estimate of drug-likeness (QED) is 0.544. The number of alkyl halides is 2. The van der Waals surface area contributed by atoms with Gasteiger partial charge in [0.25, 0.3) is 17.7 Å². The van der Waals surface area contributed by atoms with Gasteiger partial charge in [0.2, 0.25) is 10.0 Å². The van der Waals surface area contributed by atoms with Crippen LogP contribution in [0.15, 0.2) is 53.4 Å². The van der Waals surface area contributed by atoms with Crippen LogP contribution in [0.25, 0.3) is 0 Å². The second-order valence-electron chi connectivity index (χ2n) is 7.59.